The predicted octanol–water partition coefficient (Wildman–Crippen LogP) is -0.0519. The summed E-state index contributed by atoms with van der Waals surface area (Å²) in [5.74, 6) is -0.0825. The summed E-state index contributed by atoms with van der Waals surface area (Å²) in [4.78, 5) is 38.2. The number of para-hydroxylation sites is 1. The van der Waals surface area contributed by atoms with Crippen LogP contribution in [0, 0.1) is 0 Å². The molecule has 1 aliphatic rings. The lowest BCUT2D eigenvalue weighted by molar-refractivity contribution is -0.122. The fourth-order valence-corrected chi connectivity index (χ4v) is 2.95. The lowest BCUT2D eigenvalue weighted by Gasteiger charge is -2.23. The van der Waals surface area contributed by atoms with Crippen LogP contribution in [0.4, 0.5) is 0 Å². The molecule has 2 aromatic rings. The first-order chi connectivity index (χ1) is 11.1. The molecule has 122 valence electrons. The monoisotopic (exact) mass is 316 g/mol. The third-order valence-electron chi connectivity index (χ3n) is 4.13. The number of carbonyl (C=O) groups excluding carboxylic acids is 1. The molecule has 0 radical (unpaired) electrons. The first kappa shape index (κ1) is 15.5. The van der Waals surface area contributed by atoms with E-state index in [1.165, 1.54) is 4.57 Å². The number of amides is 1. The highest BCUT2D eigenvalue weighted by Gasteiger charge is 2.15. The summed E-state index contributed by atoms with van der Waals surface area (Å²) in [6.07, 6.45) is 2.22. The van der Waals surface area contributed by atoms with Gasteiger partial charge in [0.1, 0.15) is 0 Å². The molecule has 0 bridgehead atoms. The molecule has 3 N–H and O–H groups in total. The molecular formula is C16H20N4O3. The summed E-state index contributed by atoms with van der Waals surface area (Å²) in [6.45, 7) is 2.01. The number of piperidine rings is 1. The van der Waals surface area contributed by atoms with E-state index in [0.717, 1.165) is 25.9 Å². The minimum absolute atomic E-state index is 0.0825. The van der Waals surface area contributed by atoms with Crippen molar-refractivity contribution in [2.45, 2.75) is 31.8 Å². The Morgan fingerprint density at radius 3 is 2.91 bits per heavy atom. The molecule has 3 rings (SSSR count). The molecule has 1 aliphatic heterocycles. The Morgan fingerprint density at radius 1 is 1.30 bits per heavy atom. The molecule has 0 spiro atoms. The Hall–Kier alpha value is -2.41. The van der Waals surface area contributed by atoms with Crippen molar-refractivity contribution in [3.8, 4) is 0 Å². The van der Waals surface area contributed by atoms with E-state index in [2.05, 4.69) is 15.6 Å². The van der Waals surface area contributed by atoms with Gasteiger partial charge in [0.15, 0.2) is 0 Å². The number of rotatable bonds is 4. The maximum absolute atomic E-state index is 12.1. The average molecular weight is 316 g/mol. The molecule has 1 aromatic carbocycles. The summed E-state index contributed by atoms with van der Waals surface area (Å²) in [5, 5.41) is 6.67. The van der Waals surface area contributed by atoms with Crippen molar-refractivity contribution >= 4 is 16.8 Å². The number of aryl methyl sites for hydroxylation is 1. The molecule has 1 fully saturated rings. The van der Waals surface area contributed by atoms with Crippen molar-refractivity contribution in [1.29, 1.82) is 0 Å². The summed E-state index contributed by atoms with van der Waals surface area (Å²) >= 11 is 0. The highest BCUT2D eigenvalue weighted by atomic mass is 16.2. The third-order valence-corrected chi connectivity index (χ3v) is 4.13. The largest absolute Gasteiger partial charge is 0.352 e. The van der Waals surface area contributed by atoms with Crippen molar-refractivity contribution in [3.05, 3.63) is 45.1 Å². The summed E-state index contributed by atoms with van der Waals surface area (Å²) < 4.78 is 1.44. The predicted molar refractivity (Wildman–Crippen MR) is 87.5 cm³/mol. The second-order valence-electron chi connectivity index (χ2n) is 5.79. The van der Waals surface area contributed by atoms with Crippen LogP contribution in [0.5, 0.6) is 0 Å². The van der Waals surface area contributed by atoms with Gasteiger partial charge in [-0.15, -0.1) is 0 Å². The molecule has 1 saturated heterocycles. The third kappa shape index (κ3) is 3.50. The zero-order valence-corrected chi connectivity index (χ0v) is 12.8. The highest BCUT2D eigenvalue weighted by Crippen LogP contribution is 2.07. The summed E-state index contributed by atoms with van der Waals surface area (Å²) in [5.41, 5.74) is -0.339. The van der Waals surface area contributed by atoms with Crippen molar-refractivity contribution in [2.75, 3.05) is 13.1 Å². The number of hydrogen-bond donors (Lipinski definition) is 3. The zero-order valence-electron chi connectivity index (χ0n) is 12.8. The van der Waals surface area contributed by atoms with Gasteiger partial charge in [-0.25, -0.2) is 4.79 Å². The quantitative estimate of drug-likeness (QED) is 0.737. The minimum Gasteiger partial charge on any atom is -0.352 e. The Bertz CT molecular complexity index is 818. The number of fused-ring (bicyclic) bond motifs is 1. The molecule has 1 aromatic heterocycles. The number of aromatic amines is 1. The van der Waals surface area contributed by atoms with Gasteiger partial charge in [0.25, 0.3) is 5.56 Å². The molecule has 7 heteroatoms. The van der Waals surface area contributed by atoms with E-state index in [4.69, 9.17) is 0 Å². The van der Waals surface area contributed by atoms with Gasteiger partial charge in [-0.05, 0) is 31.5 Å². The summed E-state index contributed by atoms with van der Waals surface area (Å²) in [7, 11) is 0. The lowest BCUT2D eigenvalue weighted by atomic mass is 10.1. The smallest absolute Gasteiger partial charge is 0.328 e. The van der Waals surface area contributed by atoms with Crippen molar-refractivity contribution in [2.24, 2.45) is 0 Å². The summed E-state index contributed by atoms with van der Waals surface area (Å²) in [6, 6.07) is 7.05. The second-order valence-corrected chi connectivity index (χ2v) is 5.79. The van der Waals surface area contributed by atoms with Crippen LogP contribution in [0.1, 0.15) is 19.3 Å². The van der Waals surface area contributed by atoms with Gasteiger partial charge in [-0.2, -0.15) is 0 Å². The molecule has 0 aliphatic carbocycles. The van der Waals surface area contributed by atoms with E-state index in [9.17, 15) is 14.4 Å². The molecular weight excluding hydrogens is 296 g/mol. The molecule has 1 atom stereocenters. The number of nitrogens with one attached hydrogen (secondary N) is 3. The fraction of sp³-hybridized carbons (Fsp3) is 0.438. The first-order valence-corrected chi connectivity index (χ1v) is 7.87. The Kier molecular flexibility index (Phi) is 4.57. The van der Waals surface area contributed by atoms with E-state index in [1.54, 1.807) is 24.3 Å². The molecule has 7 nitrogen and oxygen atoms in total. The van der Waals surface area contributed by atoms with Crippen molar-refractivity contribution in [3.63, 3.8) is 0 Å². The number of hydrogen-bond acceptors (Lipinski definition) is 4. The van der Waals surface area contributed by atoms with Crippen LogP contribution in [0.25, 0.3) is 10.9 Å². The topological polar surface area (TPSA) is 96.0 Å². The van der Waals surface area contributed by atoms with Crippen molar-refractivity contribution < 1.29 is 4.79 Å². The lowest BCUT2D eigenvalue weighted by Crippen LogP contribution is -2.46. The molecule has 2 heterocycles. The van der Waals surface area contributed by atoms with E-state index in [-0.39, 0.29) is 24.9 Å². The van der Waals surface area contributed by atoms with Gasteiger partial charge in [-0.1, -0.05) is 12.1 Å². The second kappa shape index (κ2) is 6.78. The van der Waals surface area contributed by atoms with Crippen LogP contribution < -0.4 is 21.9 Å². The van der Waals surface area contributed by atoms with Crippen LogP contribution >= 0.6 is 0 Å². The maximum Gasteiger partial charge on any atom is 0.328 e. The van der Waals surface area contributed by atoms with Crippen LogP contribution in [0.2, 0.25) is 0 Å². The maximum atomic E-state index is 12.1. The first-order valence-electron chi connectivity index (χ1n) is 7.87. The van der Waals surface area contributed by atoms with Gasteiger partial charge in [0.05, 0.1) is 10.9 Å². The Balaban J connectivity index is 1.73. The zero-order chi connectivity index (χ0) is 16.2. The molecule has 1 unspecified atom stereocenters. The van der Waals surface area contributed by atoms with Gasteiger partial charge >= 0.3 is 5.69 Å². The van der Waals surface area contributed by atoms with Crippen LogP contribution in [-0.2, 0) is 11.3 Å². The van der Waals surface area contributed by atoms with Gasteiger partial charge < -0.3 is 10.6 Å². The molecule has 23 heavy (non-hydrogen) atoms. The Labute approximate surface area is 132 Å². The standard InChI is InChI=1S/C16H20N4O3/c21-14(18-11-4-3-8-17-10-11)7-9-20-13-6-2-1-5-12(13)15(22)19-16(20)23/h1-2,5-6,11,17H,3-4,7-10H2,(H,18,21)(H,19,22,23). The van der Waals surface area contributed by atoms with Gasteiger partial charge in [0, 0.05) is 25.6 Å². The van der Waals surface area contributed by atoms with Crippen LogP contribution in [0.3, 0.4) is 0 Å². The van der Waals surface area contributed by atoms with Crippen molar-refractivity contribution in [1.82, 2.24) is 20.2 Å². The highest BCUT2D eigenvalue weighted by molar-refractivity contribution is 5.79. The van der Waals surface area contributed by atoms with E-state index in [1.807, 2.05) is 0 Å². The number of carbonyl (C=O) groups is 1. The van der Waals surface area contributed by atoms with Gasteiger partial charge in [-0.3, -0.25) is 19.1 Å². The molecule has 1 amide bonds. The van der Waals surface area contributed by atoms with Crippen LogP contribution in [-0.4, -0.2) is 34.6 Å². The minimum atomic E-state index is -0.485. The van der Waals surface area contributed by atoms with Gasteiger partial charge in [0.2, 0.25) is 5.91 Å². The average Bonchev–Trinajstić information content (AvgIpc) is 2.55. The van der Waals surface area contributed by atoms with E-state index < -0.39 is 11.2 Å². The van der Waals surface area contributed by atoms with E-state index in [0.29, 0.717) is 10.9 Å². The number of benzene rings is 1. The van der Waals surface area contributed by atoms with E-state index >= 15 is 0 Å². The van der Waals surface area contributed by atoms with Crippen LogP contribution in [0.15, 0.2) is 33.9 Å². The normalized spacial score (nSPS) is 18.0. The Morgan fingerprint density at radius 2 is 2.13 bits per heavy atom. The number of nitrogens with zero attached hydrogens (tertiary/aromatic N) is 1. The molecule has 0 saturated carbocycles. The fourth-order valence-electron chi connectivity index (χ4n) is 2.95. The SMILES string of the molecule is O=C(CCn1c(=O)[nH]c(=O)c2ccccc21)NC1CCCNC1. The number of H-pyrrole nitrogens is 1. The number of aromatic nitrogens is 2.